The summed E-state index contributed by atoms with van der Waals surface area (Å²) >= 11 is 0. The van der Waals surface area contributed by atoms with Crippen LogP contribution in [0, 0.1) is 5.92 Å². The van der Waals surface area contributed by atoms with E-state index in [9.17, 15) is 4.79 Å². The summed E-state index contributed by atoms with van der Waals surface area (Å²) in [7, 11) is 0. The number of anilines is 1. The minimum atomic E-state index is -0.107. The van der Waals surface area contributed by atoms with Crippen LogP contribution in [0.2, 0.25) is 0 Å². The largest absolute Gasteiger partial charge is 0.482 e. The van der Waals surface area contributed by atoms with Crippen LogP contribution < -0.4 is 15.8 Å². The molecule has 0 saturated heterocycles. The zero-order valence-electron chi connectivity index (χ0n) is 8.90. The molecule has 1 unspecified atom stereocenters. The molecular weight excluding hydrogens is 204 g/mol. The van der Waals surface area contributed by atoms with Gasteiger partial charge in [-0.15, -0.1) is 0 Å². The van der Waals surface area contributed by atoms with Crippen molar-refractivity contribution >= 4 is 11.6 Å². The van der Waals surface area contributed by atoms with Gasteiger partial charge < -0.3 is 15.8 Å². The van der Waals surface area contributed by atoms with Crippen molar-refractivity contribution in [2.75, 3.05) is 11.9 Å². The van der Waals surface area contributed by atoms with E-state index < -0.39 is 0 Å². The molecule has 0 spiro atoms. The zero-order chi connectivity index (χ0) is 11.1. The fraction of sp³-hybridized carbons (Fsp3) is 0.417. The molecule has 1 fully saturated rings. The van der Waals surface area contributed by atoms with Gasteiger partial charge in [0.05, 0.1) is 5.69 Å². The molecule has 2 aliphatic rings. The highest BCUT2D eigenvalue weighted by molar-refractivity contribution is 5.95. The summed E-state index contributed by atoms with van der Waals surface area (Å²) < 4.78 is 5.29. The first-order valence-corrected chi connectivity index (χ1v) is 5.56. The molecule has 1 aromatic carbocycles. The first kappa shape index (κ1) is 9.66. The average molecular weight is 218 g/mol. The summed E-state index contributed by atoms with van der Waals surface area (Å²) in [4.78, 5) is 11.2. The van der Waals surface area contributed by atoms with Crippen LogP contribution in [0.4, 0.5) is 5.69 Å². The van der Waals surface area contributed by atoms with Crippen LogP contribution in [0.1, 0.15) is 24.4 Å². The van der Waals surface area contributed by atoms with Gasteiger partial charge in [-0.25, -0.2) is 0 Å². The first-order valence-electron chi connectivity index (χ1n) is 5.56. The van der Waals surface area contributed by atoms with Gasteiger partial charge in [-0.05, 0) is 36.5 Å². The van der Waals surface area contributed by atoms with Crippen LogP contribution in [0.5, 0.6) is 5.75 Å². The molecule has 16 heavy (non-hydrogen) atoms. The topological polar surface area (TPSA) is 64.3 Å². The number of ether oxygens (including phenoxy) is 1. The van der Waals surface area contributed by atoms with Crippen LogP contribution >= 0.6 is 0 Å². The van der Waals surface area contributed by atoms with Gasteiger partial charge in [0.25, 0.3) is 5.91 Å². The number of fused-ring (bicyclic) bond motifs is 1. The van der Waals surface area contributed by atoms with Crippen molar-refractivity contribution in [3.63, 3.8) is 0 Å². The Labute approximate surface area is 93.8 Å². The molecular formula is C12H14N2O2. The van der Waals surface area contributed by atoms with E-state index in [1.807, 2.05) is 18.2 Å². The molecule has 3 rings (SSSR count). The van der Waals surface area contributed by atoms with E-state index in [2.05, 4.69) is 5.32 Å². The Bertz CT molecular complexity index is 441. The second-order valence-electron chi connectivity index (χ2n) is 4.46. The smallest absolute Gasteiger partial charge is 0.262 e. The van der Waals surface area contributed by atoms with Crippen LogP contribution in [0.3, 0.4) is 0 Å². The third kappa shape index (κ3) is 1.65. The summed E-state index contributed by atoms with van der Waals surface area (Å²) in [5.41, 5.74) is 7.93. The van der Waals surface area contributed by atoms with Crippen LogP contribution in [-0.4, -0.2) is 12.5 Å². The number of rotatable bonds is 2. The van der Waals surface area contributed by atoms with Crippen molar-refractivity contribution < 1.29 is 9.53 Å². The fourth-order valence-electron chi connectivity index (χ4n) is 2.04. The molecule has 0 radical (unpaired) electrons. The van der Waals surface area contributed by atoms with Crippen molar-refractivity contribution in [3.05, 3.63) is 23.8 Å². The Morgan fingerprint density at radius 3 is 3.00 bits per heavy atom. The lowest BCUT2D eigenvalue weighted by molar-refractivity contribution is -0.118. The van der Waals surface area contributed by atoms with Crippen molar-refractivity contribution in [1.29, 1.82) is 0 Å². The van der Waals surface area contributed by atoms with E-state index in [4.69, 9.17) is 10.5 Å². The molecule has 0 aromatic heterocycles. The van der Waals surface area contributed by atoms with Gasteiger partial charge >= 0.3 is 0 Å². The molecule has 1 amide bonds. The van der Waals surface area contributed by atoms with E-state index in [1.165, 1.54) is 12.8 Å². The quantitative estimate of drug-likeness (QED) is 0.789. The second-order valence-corrected chi connectivity index (χ2v) is 4.46. The SMILES string of the molecule is NC(c1ccc2c(c1)NC(=O)CO2)C1CC1. The minimum absolute atomic E-state index is 0.0872. The lowest BCUT2D eigenvalue weighted by atomic mass is 10.0. The minimum Gasteiger partial charge on any atom is -0.482 e. The van der Waals surface area contributed by atoms with E-state index in [0.29, 0.717) is 5.92 Å². The van der Waals surface area contributed by atoms with Crippen molar-refractivity contribution in [1.82, 2.24) is 0 Å². The number of nitrogens with one attached hydrogen (secondary N) is 1. The third-order valence-electron chi connectivity index (χ3n) is 3.15. The molecule has 1 saturated carbocycles. The van der Waals surface area contributed by atoms with E-state index in [-0.39, 0.29) is 18.6 Å². The van der Waals surface area contributed by atoms with Gasteiger partial charge in [-0.2, -0.15) is 0 Å². The highest BCUT2D eigenvalue weighted by Crippen LogP contribution is 2.41. The summed E-state index contributed by atoms with van der Waals surface area (Å²) in [5, 5.41) is 2.79. The highest BCUT2D eigenvalue weighted by Gasteiger charge is 2.30. The van der Waals surface area contributed by atoms with Gasteiger partial charge in [-0.3, -0.25) is 4.79 Å². The van der Waals surface area contributed by atoms with Gasteiger partial charge in [0.2, 0.25) is 0 Å². The molecule has 3 N–H and O–H groups in total. The highest BCUT2D eigenvalue weighted by atomic mass is 16.5. The summed E-state index contributed by atoms with van der Waals surface area (Å²) in [6.45, 7) is 0.0982. The van der Waals surface area contributed by atoms with Crippen LogP contribution in [0.15, 0.2) is 18.2 Å². The number of amides is 1. The first-order chi connectivity index (χ1) is 7.74. The number of carbonyl (C=O) groups is 1. The summed E-state index contributed by atoms with van der Waals surface area (Å²) in [6, 6.07) is 5.88. The van der Waals surface area contributed by atoms with Gasteiger partial charge in [0.1, 0.15) is 5.75 Å². The zero-order valence-corrected chi connectivity index (χ0v) is 8.90. The number of hydrogen-bond acceptors (Lipinski definition) is 3. The maximum absolute atomic E-state index is 11.2. The van der Waals surface area contributed by atoms with Gasteiger partial charge in [0.15, 0.2) is 6.61 Å². The molecule has 4 heteroatoms. The molecule has 1 aliphatic heterocycles. The van der Waals surface area contributed by atoms with Gasteiger partial charge in [-0.1, -0.05) is 6.07 Å². The Balaban J connectivity index is 1.91. The maximum atomic E-state index is 11.2. The molecule has 1 heterocycles. The molecule has 1 atom stereocenters. The predicted molar refractivity (Wildman–Crippen MR) is 60.2 cm³/mol. The number of carbonyl (C=O) groups excluding carboxylic acids is 1. The molecule has 4 nitrogen and oxygen atoms in total. The monoisotopic (exact) mass is 218 g/mol. The Morgan fingerprint density at radius 2 is 2.25 bits per heavy atom. The van der Waals surface area contributed by atoms with E-state index >= 15 is 0 Å². The van der Waals surface area contributed by atoms with Crippen molar-refractivity contribution in [2.45, 2.75) is 18.9 Å². The predicted octanol–water partition coefficient (Wildman–Crippen LogP) is 1.43. The van der Waals surface area contributed by atoms with Gasteiger partial charge in [0, 0.05) is 6.04 Å². The molecule has 84 valence electrons. The number of hydrogen-bond donors (Lipinski definition) is 2. The Morgan fingerprint density at radius 1 is 1.44 bits per heavy atom. The second kappa shape index (κ2) is 3.49. The number of benzene rings is 1. The third-order valence-corrected chi connectivity index (χ3v) is 3.15. The Hall–Kier alpha value is -1.55. The average Bonchev–Trinajstić information content (AvgIpc) is 3.11. The van der Waals surface area contributed by atoms with Crippen LogP contribution in [0.25, 0.3) is 0 Å². The molecule has 1 aromatic rings. The lowest BCUT2D eigenvalue weighted by Crippen LogP contribution is -2.25. The standard InChI is InChI=1S/C12H14N2O2/c13-12(7-1-2-7)8-3-4-10-9(5-8)14-11(15)6-16-10/h3-5,7,12H,1-2,6,13H2,(H,14,15). The summed E-state index contributed by atoms with van der Waals surface area (Å²) in [5.74, 6) is 1.23. The summed E-state index contributed by atoms with van der Waals surface area (Å²) in [6.07, 6.45) is 2.42. The Kier molecular flexibility index (Phi) is 2.11. The van der Waals surface area contributed by atoms with E-state index in [0.717, 1.165) is 17.0 Å². The maximum Gasteiger partial charge on any atom is 0.262 e. The van der Waals surface area contributed by atoms with Crippen LogP contribution in [-0.2, 0) is 4.79 Å². The van der Waals surface area contributed by atoms with Crippen molar-refractivity contribution in [3.8, 4) is 5.75 Å². The fourth-order valence-corrected chi connectivity index (χ4v) is 2.04. The van der Waals surface area contributed by atoms with Crippen molar-refractivity contribution in [2.24, 2.45) is 11.7 Å². The molecule has 1 aliphatic carbocycles. The normalized spacial score (nSPS) is 20.7. The van der Waals surface area contributed by atoms with E-state index in [1.54, 1.807) is 0 Å². The number of nitrogens with two attached hydrogens (primary N) is 1. The molecule has 0 bridgehead atoms. The lowest BCUT2D eigenvalue weighted by Gasteiger charge is -2.20.